The molecule has 2 fully saturated rings. The van der Waals surface area contributed by atoms with Crippen LogP contribution in [0, 0.1) is 10.1 Å². The topological polar surface area (TPSA) is 105 Å². The minimum atomic E-state index is -0.519. The highest BCUT2D eigenvalue weighted by atomic mass is 16.6. The van der Waals surface area contributed by atoms with E-state index in [2.05, 4.69) is 10.2 Å². The van der Waals surface area contributed by atoms with E-state index in [1.807, 2.05) is 24.3 Å². The van der Waals surface area contributed by atoms with Crippen LogP contribution in [0.2, 0.25) is 0 Å². The van der Waals surface area contributed by atoms with Gasteiger partial charge in [-0.2, -0.15) is 0 Å². The number of anilines is 1. The molecule has 0 aliphatic carbocycles. The Balaban J connectivity index is 1.45. The molecule has 2 aromatic carbocycles. The highest BCUT2D eigenvalue weighted by molar-refractivity contribution is 6.13. The molecule has 2 heterocycles. The first kappa shape index (κ1) is 19.6. The van der Waals surface area contributed by atoms with E-state index < -0.39 is 16.9 Å². The van der Waals surface area contributed by atoms with Gasteiger partial charge in [0.2, 0.25) is 0 Å². The number of nitro benzene ring substituents is 1. The van der Waals surface area contributed by atoms with Gasteiger partial charge in [0, 0.05) is 30.9 Å². The normalized spacial score (nSPS) is 18.1. The monoisotopic (exact) mass is 408 g/mol. The first-order valence-electron chi connectivity index (χ1n) is 9.52. The van der Waals surface area contributed by atoms with Gasteiger partial charge >= 0.3 is 6.03 Å². The highest BCUT2D eigenvalue weighted by Crippen LogP contribution is 2.21. The van der Waals surface area contributed by atoms with Gasteiger partial charge in [0.15, 0.2) is 0 Å². The fourth-order valence-electron chi connectivity index (χ4n) is 3.39. The predicted octanol–water partition coefficient (Wildman–Crippen LogP) is 2.52. The van der Waals surface area contributed by atoms with Crippen LogP contribution >= 0.6 is 0 Å². The molecule has 0 bridgehead atoms. The van der Waals surface area contributed by atoms with Gasteiger partial charge in [-0.1, -0.05) is 24.3 Å². The lowest BCUT2D eigenvalue weighted by Gasteiger charge is -2.28. The van der Waals surface area contributed by atoms with Gasteiger partial charge in [0.05, 0.1) is 24.7 Å². The minimum absolute atomic E-state index is 0.0377. The zero-order valence-corrected chi connectivity index (χ0v) is 16.1. The molecular weight excluding hydrogens is 388 g/mol. The zero-order valence-electron chi connectivity index (χ0n) is 16.1. The van der Waals surface area contributed by atoms with Crippen molar-refractivity contribution in [1.29, 1.82) is 0 Å². The Morgan fingerprint density at radius 1 is 1.03 bits per heavy atom. The van der Waals surface area contributed by atoms with Gasteiger partial charge in [0.1, 0.15) is 5.70 Å². The second-order valence-corrected chi connectivity index (χ2v) is 6.99. The molecule has 0 spiro atoms. The number of ether oxygens (including phenoxy) is 1. The summed E-state index contributed by atoms with van der Waals surface area (Å²) < 4.78 is 5.36. The number of hydrogen-bond acceptors (Lipinski definition) is 6. The van der Waals surface area contributed by atoms with E-state index in [1.54, 1.807) is 6.08 Å². The number of nitro groups is 1. The summed E-state index contributed by atoms with van der Waals surface area (Å²) in [6.07, 6.45) is 1.64. The molecule has 4 rings (SSSR count). The number of amides is 3. The van der Waals surface area contributed by atoms with E-state index in [0.29, 0.717) is 18.8 Å². The summed E-state index contributed by atoms with van der Waals surface area (Å²) in [5.41, 5.74) is 2.66. The minimum Gasteiger partial charge on any atom is -0.378 e. The molecule has 2 saturated heterocycles. The molecule has 0 unspecified atom stereocenters. The number of non-ortho nitro benzene ring substituents is 1. The average Bonchev–Trinajstić information content (AvgIpc) is 3.02. The van der Waals surface area contributed by atoms with Crippen LogP contribution in [0.5, 0.6) is 0 Å². The number of nitrogens with one attached hydrogen (secondary N) is 1. The maximum absolute atomic E-state index is 12.7. The van der Waals surface area contributed by atoms with Crippen molar-refractivity contribution >= 4 is 29.4 Å². The smallest absolute Gasteiger partial charge is 0.329 e. The lowest BCUT2D eigenvalue weighted by molar-refractivity contribution is -0.384. The van der Waals surface area contributed by atoms with Crippen molar-refractivity contribution < 1.29 is 19.2 Å². The summed E-state index contributed by atoms with van der Waals surface area (Å²) in [6.45, 7) is 3.13. The summed E-state index contributed by atoms with van der Waals surface area (Å²) in [4.78, 5) is 38.5. The summed E-state index contributed by atoms with van der Waals surface area (Å²) in [7, 11) is 0. The van der Waals surface area contributed by atoms with Crippen LogP contribution in [-0.2, 0) is 16.1 Å². The second-order valence-electron chi connectivity index (χ2n) is 6.99. The van der Waals surface area contributed by atoms with Crippen molar-refractivity contribution in [3.05, 3.63) is 75.5 Å². The molecular formula is C21H20N4O5. The first-order valence-corrected chi connectivity index (χ1v) is 9.52. The van der Waals surface area contributed by atoms with Gasteiger partial charge < -0.3 is 15.0 Å². The van der Waals surface area contributed by atoms with Crippen LogP contribution < -0.4 is 10.2 Å². The molecule has 1 N–H and O–H groups in total. The van der Waals surface area contributed by atoms with E-state index in [9.17, 15) is 19.7 Å². The first-order chi connectivity index (χ1) is 14.5. The third-order valence-corrected chi connectivity index (χ3v) is 5.03. The quantitative estimate of drug-likeness (QED) is 0.353. The Bertz CT molecular complexity index is 995. The van der Waals surface area contributed by atoms with Gasteiger partial charge in [-0.15, -0.1) is 0 Å². The number of carbonyl (C=O) groups is 2. The third-order valence-electron chi connectivity index (χ3n) is 5.03. The average molecular weight is 408 g/mol. The maximum Gasteiger partial charge on any atom is 0.329 e. The van der Waals surface area contributed by atoms with Crippen LogP contribution in [0.25, 0.3) is 6.08 Å². The number of morpholine rings is 1. The van der Waals surface area contributed by atoms with Crippen molar-refractivity contribution in [2.45, 2.75) is 6.54 Å². The van der Waals surface area contributed by atoms with Crippen LogP contribution in [0.15, 0.2) is 54.2 Å². The van der Waals surface area contributed by atoms with E-state index in [0.717, 1.165) is 29.2 Å². The zero-order chi connectivity index (χ0) is 21.1. The van der Waals surface area contributed by atoms with Crippen molar-refractivity contribution in [3.8, 4) is 0 Å². The van der Waals surface area contributed by atoms with Gasteiger partial charge in [-0.05, 0) is 29.3 Å². The van der Waals surface area contributed by atoms with Crippen molar-refractivity contribution in [2.75, 3.05) is 31.2 Å². The van der Waals surface area contributed by atoms with Crippen molar-refractivity contribution in [3.63, 3.8) is 0 Å². The fraction of sp³-hybridized carbons (Fsp3) is 0.238. The molecule has 0 radical (unpaired) electrons. The molecule has 2 aliphatic heterocycles. The van der Waals surface area contributed by atoms with Crippen LogP contribution in [0.4, 0.5) is 16.2 Å². The standard InChI is InChI=1S/C21H20N4O5/c26-20-19(13-15-1-5-17(6-2-15)23-9-11-30-12-10-23)22-21(27)24(20)14-16-3-7-18(8-4-16)25(28)29/h1-8,13H,9-12,14H2,(H,22,27)/b19-13-. The molecule has 154 valence electrons. The fourth-order valence-corrected chi connectivity index (χ4v) is 3.39. The van der Waals surface area contributed by atoms with Crippen molar-refractivity contribution in [2.24, 2.45) is 0 Å². The molecule has 0 saturated carbocycles. The van der Waals surface area contributed by atoms with E-state index >= 15 is 0 Å². The summed E-state index contributed by atoms with van der Waals surface area (Å²) in [5.74, 6) is -0.435. The molecule has 9 heteroatoms. The molecule has 9 nitrogen and oxygen atoms in total. The van der Waals surface area contributed by atoms with Gasteiger partial charge in [-0.3, -0.25) is 19.8 Å². The molecule has 2 aliphatic rings. The molecule has 3 amide bonds. The Labute approximate surface area is 172 Å². The van der Waals surface area contributed by atoms with Crippen LogP contribution in [0.3, 0.4) is 0 Å². The van der Waals surface area contributed by atoms with E-state index in [1.165, 1.54) is 24.3 Å². The largest absolute Gasteiger partial charge is 0.378 e. The van der Waals surface area contributed by atoms with Crippen LogP contribution in [-0.4, -0.2) is 48.1 Å². The predicted molar refractivity (Wildman–Crippen MR) is 110 cm³/mol. The Morgan fingerprint density at radius 3 is 2.33 bits per heavy atom. The number of benzene rings is 2. The Hall–Kier alpha value is -3.72. The number of carbonyl (C=O) groups excluding carboxylic acids is 2. The Morgan fingerprint density at radius 2 is 1.70 bits per heavy atom. The molecule has 0 aromatic heterocycles. The molecule has 0 atom stereocenters. The summed E-state index contributed by atoms with van der Waals surface area (Å²) in [5, 5.41) is 13.3. The second kappa shape index (κ2) is 8.34. The number of imide groups is 1. The lowest BCUT2D eigenvalue weighted by atomic mass is 10.1. The third kappa shape index (κ3) is 4.15. The number of hydrogen-bond donors (Lipinski definition) is 1. The maximum atomic E-state index is 12.7. The number of nitrogens with zero attached hydrogens (tertiary/aromatic N) is 3. The Kier molecular flexibility index (Phi) is 5.44. The van der Waals surface area contributed by atoms with E-state index in [-0.39, 0.29) is 17.9 Å². The summed E-state index contributed by atoms with van der Waals surface area (Å²) in [6, 6.07) is 13.0. The SMILES string of the molecule is O=C1N/C(=C\c2ccc(N3CCOCC3)cc2)C(=O)N1Cc1ccc([N+](=O)[O-])cc1. The lowest BCUT2D eigenvalue weighted by Crippen LogP contribution is -2.36. The summed E-state index contributed by atoms with van der Waals surface area (Å²) >= 11 is 0. The van der Waals surface area contributed by atoms with Crippen LogP contribution in [0.1, 0.15) is 11.1 Å². The van der Waals surface area contributed by atoms with Gasteiger partial charge in [-0.25, -0.2) is 4.79 Å². The highest BCUT2D eigenvalue weighted by Gasteiger charge is 2.33. The van der Waals surface area contributed by atoms with E-state index in [4.69, 9.17) is 4.74 Å². The van der Waals surface area contributed by atoms with Crippen molar-refractivity contribution in [1.82, 2.24) is 10.2 Å². The number of urea groups is 1. The number of rotatable bonds is 5. The molecule has 30 heavy (non-hydrogen) atoms. The molecule has 2 aromatic rings. The van der Waals surface area contributed by atoms with Gasteiger partial charge in [0.25, 0.3) is 11.6 Å².